The predicted molar refractivity (Wildman–Crippen MR) is 73.7 cm³/mol. The first kappa shape index (κ1) is 14.6. The summed E-state index contributed by atoms with van der Waals surface area (Å²) in [6.45, 7) is 0. The first-order valence-electron chi connectivity index (χ1n) is 7.15. The molecule has 6 heteroatoms. The Labute approximate surface area is 118 Å². The molecule has 20 heavy (non-hydrogen) atoms. The highest BCUT2D eigenvalue weighted by Gasteiger charge is 2.23. The van der Waals surface area contributed by atoms with Crippen LogP contribution in [-0.4, -0.2) is 32.8 Å². The van der Waals surface area contributed by atoms with E-state index in [9.17, 15) is 9.59 Å². The summed E-state index contributed by atoms with van der Waals surface area (Å²) in [5.41, 5.74) is -0.0436. The van der Waals surface area contributed by atoms with Crippen LogP contribution in [0.5, 0.6) is 0 Å². The van der Waals surface area contributed by atoms with Crippen LogP contribution >= 0.6 is 0 Å². The summed E-state index contributed by atoms with van der Waals surface area (Å²) in [6.07, 6.45) is 9.17. The van der Waals surface area contributed by atoms with E-state index in [0.29, 0.717) is 0 Å². The minimum Gasteiger partial charge on any atom is -0.478 e. The molecular formula is C14H21N3O3. The van der Waals surface area contributed by atoms with Crippen LogP contribution in [0.25, 0.3) is 0 Å². The smallest absolute Gasteiger partial charge is 0.339 e. The number of amides is 1. The van der Waals surface area contributed by atoms with Gasteiger partial charge in [-0.2, -0.15) is 5.10 Å². The van der Waals surface area contributed by atoms with Crippen LogP contribution in [0.15, 0.2) is 6.20 Å². The number of carbonyl (C=O) groups is 2. The van der Waals surface area contributed by atoms with Crippen LogP contribution in [0.3, 0.4) is 0 Å². The minimum absolute atomic E-state index is 0.00191. The van der Waals surface area contributed by atoms with Crippen LogP contribution < -0.4 is 5.32 Å². The van der Waals surface area contributed by atoms with Gasteiger partial charge >= 0.3 is 5.97 Å². The van der Waals surface area contributed by atoms with Gasteiger partial charge in [0.05, 0.1) is 0 Å². The van der Waals surface area contributed by atoms with E-state index in [1.807, 2.05) is 0 Å². The van der Waals surface area contributed by atoms with Gasteiger partial charge in [-0.25, -0.2) is 4.79 Å². The van der Waals surface area contributed by atoms with Crippen LogP contribution in [-0.2, 0) is 7.05 Å². The molecule has 1 amide bonds. The summed E-state index contributed by atoms with van der Waals surface area (Å²) in [5, 5.41) is 16.0. The lowest BCUT2D eigenvalue weighted by atomic mass is 9.96. The van der Waals surface area contributed by atoms with Crippen molar-refractivity contribution in [2.24, 2.45) is 7.05 Å². The Balaban J connectivity index is 2.05. The fourth-order valence-corrected chi connectivity index (χ4v) is 2.67. The molecule has 0 spiro atoms. The van der Waals surface area contributed by atoms with Crippen molar-refractivity contribution in [1.29, 1.82) is 0 Å². The molecule has 1 heterocycles. The molecule has 1 fully saturated rings. The summed E-state index contributed by atoms with van der Waals surface area (Å²) in [5.74, 6) is -1.51. The molecule has 0 radical (unpaired) electrons. The fourth-order valence-electron chi connectivity index (χ4n) is 2.67. The summed E-state index contributed by atoms with van der Waals surface area (Å²) in [7, 11) is 1.61. The van der Waals surface area contributed by atoms with Crippen molar-refractivity contribution in [2.75, 3.05) is 0 Å². The first-order valence-corrected chi connectivity index (χ1v) is 7.15. The molecule has 1 saturated carbocycles. The molecule has 0 unspecified atom stereocenters. The molecule has 0 atom stereocenters. The molecule has 2 rings (SSSR count). The van der Waals surface area contributed by atoms with Crippen molar-refractivity contribution < 1.29 is 14.7 Å². The third-order valence-corrected chi connectivity index (χ3v) is 3.71. The van der Waals surface area contributed by atoms with E-state index in [-0.39, 0.29) is 23.2 Å². The van der Waals surface area contributed by atoms with Gasteiger partial charge < -0.3 is 10.4 Å². The van der Waals surface area contributed by atoms with Gasteiger partial charge in [0.25, 0.3) is 5.91 Å². The molecule has 0 saturated heterocycles. The highest BCUT2D eigenvalue weighted by molar-refractivity contribution is 6.03. The van der Waals surface area contributed by atoms with Gasteiger partial charge in [-0.3, -0.25) is 9.48 Å². The Bertz CT molecular complexity index is 488. The van der Waals surface area contributed by atoms with Gasteiger partial charge in [-0.1, -0.05) is 32.1 Å². The average molecular weight is 279 g/mol. The number of hydrogen-bond donors (Lipinski definition) is 2. The molecule has 1 aromatic heterocycles. The van der Waals surface area contributed by atoms with E-state index in [2.05, 4.69) is 10.4 Å². The van der Waals surface area contributed by atoms with Crippen molar-refractivity contribution in [3.8, 4) is 0 Å². The lowest BCUT2D eigenvalue weighted by Crippen LogP contribution is -2.36. The molecule has 0 aromatic carbocycles. The minimum atomic E-state index is -1.12. The zero-order valence-electron chi connectivity index (χ0n) is 11.8. The van der Waals surface area contributed by atoms with E-state index < -0.39 is 5.97 Å². The predicted octanol–water partition coefficient (Wildman–Crippen LogP) is 1.96. The zero-order chi connectivity index (χ0) is 14.5. The number of aromatic nitrogens is 2. The van der Waals surface area contributed by atoms with Gasteiger partial charge in [0.1, 0.15) is 5.56 Å². The van der Waals surface area contributed by atoms with Gasteiger partial charge in [-0.05, 0) is 12.8 Å². The van der Waals surface area contributed by atoms with Crippen LogP contribution in [0.4, 0.5) is 0 Å². The lowest BCUT2D eigenvalue weighted by Gasteiger charge is -2.20. The van der Waals surface area contributed by atoms with E-state index in [1.54, 1.807) is 7.05 Å². The summed E-state index contributed by atoms with van der Waals surface area (Å²) < 4.78 is 1.36. The summed E-state index contributed by atoms with van der Waals surface area (Å²) >= 11 is 0. The fraction of sp³-hybridized carbons (Fsp3) is 0.643. The van der Waals surface area contributed by atoms with Crippen molar-refractivity contribution in [1.82, 2.24) is 15.1 Å². The molecule has 1 aliphatic carbocycles. The number of carbonyl (C=O) groups excluding carboxylic acids is 1. The summed E-state index contributed by atoms with van der Waals surface area (Å²) in [6, 6.07) is 0.131. The molecule has 110 valence electrons. The normalized spacial score (nSPS) is 17.2. The number of rotatable bonds is 3. The quantitative estimate of drug-likeness (QED) is 0.885. The summed E-state index contributed by atoms with van der Waals surface area (Å²) in [4.78, 5) is 23.3. The Morgan fingerprint density at radius 1 is 1.25 bits per heavy atom. The van der Waals surface area contributed by atoms with E-state index in [1.165, 1.54) is 30.1 Å². The van der Waals surface area contributed by atoms with Crippen molar-refractivity contribution in [3.63, 3.8) is 0 Å². The largest absolute Gasteiger partial charge is 0.478 e. The third kappa shape index (κ3) is 3.59. The van der Waals surface area contributed by atoms with Crippen LogP contribution in [0.1, 0.15) is 65.8 Å². The molecule has 0 aliphatic heterocycles. The van der Waals surface area contributed by atoms with Gasteiger partial charge in [0.2, 0.25) is 0 Å². The van der Waals surface area contributed by atoms with Gasteiger partial charge in [-0.15, -0.1) is 0 Å². The maximum absolute atomic E-state index is 12.2. The molecule has 6 nitrogen and oxygen atoms in total. The monoisotopic (exact) mass is 279 g/mol. The van der Waals surface area contributed by atoms with Gasteiger partial charge in [0, 0.05) is 19.3 Å². The topological polar surface area (TPSA) is 84.2 Å². The molecule has 1 aromatic rings. The maximum Gasteiger partial charge on any atom is 0.339 e. The van der Waals surface area contributed by atoms with E-state index >= 15 is 0 Å². The standard InChI is InChI=1S/C14H21N3O3/c1-17-9-11(14(19)20)12(16-17)13(18)15-10-7-5-3-2-4-6-8-10/h9-10H,2-8H2,1H3,(H,15,18)(H,19,20). The first-order chi connectivity index (χ1) is 9.58. The van der Waals surface area contributed by atoms with Crippen molar-refractivity contribution in [3.05, 3.63) is 17.5 Å². The zero-order valence-corrected chi connectivity index (χ0v) is 11.8. The Hall–Kier alpha value is -1.85. The lowest BCUT2D eigenvalue weighted by molar-refractivity contribution is 0.0690. The Kier molecular flexibility index (Phi) is 4.76. The molecule has 0 bridgehead atoms. The average Bonchev–Trinajstić information content (AvgIpc) is 2.75. The number of nitrogens with zero attached hydrogens (tertiary/aromatic N) is 2. The van der Waals surface area contributed by atoms with E-state index in [4.69, 9.17) is 5.11 Å². The Morgan fingerprint density at radius 3 is 2.45 bits per heavy atom. The molecule has 1 aliphatic rings. The highest BCUT2D eigenvalue weighted by atomic mass is 16.4. The third-order valence-electron chi connectivity index (χ3n) is 3.71. The number of nitrogens with one attached hydrogen (secondary N) is 1. The SMILES string of the molecule is Cn1cc(C(=O)O)c(C(=O)NC2CCCCCCC2)n1. The number of aryl methyl sites for hydroxylation is 1. The number of carboxylic acid groups (broad SMARTS) is 1. The number of hydrogen-bond acceptors (Lipinski definition) is 3. The second kappa shape index (κ2) is 6.54. The second-order valence-corrected chi connectivity index (χ2v) is 5.39. The number of aromatic carboxylic acids is 1. The van der Waals surface area contributed by atoms with E-state index in [0.717, 1.165) is 25.7 Å². The Morgan fingerprint density at radius 2 is 1.85 bits per heavy atom. The maximum atomic E-state index is 12.2. The number of carboxylic acids is 1. The molecular weight excluding hydrogens is 258 g/mol. The van der Waals surface area contributed by atoms with Crippen LogP contribution in [0.2, 0.25) is 0 Å². The van der Waals surface area contributed by atoms with Gasteiger partial charge in [0.15, 0.2) is 5.69 Å². The van der Waals surface area contributed by atoms with Crippen LogP contribution in [0, 0.1) is 0 Å². The molecule has 2 N–H and O–H groups in total. The highest BCUT2D eigenvalue weighted by Crippen LogP contribution is 2.17. The van der Waals surface area contributed by atoms with Crippen molar-refractivity contribution in [2.45, 2.75) is 51.0 Å². The van der Waals surface area contributed by atoms with Crippen molar-refractivity contribution >= 4 is 11.9 Å². The second-order valence-electron chi connectivity index (χ2n) is 5.39.